The van der Waals surface area contributed by atoms with Crippen molar-refractivity contribution in [1.29, 1.82) is 0 Å². The maximum Gasteiger partial charge on any atom is 0.463 e. The van der Waals surface area contributed by atoms with Crippen LogP contribution in [0.1, 0.15) is 13.8 Å². The molecule has 92 valence electrons. The number of rotatable bonds is 0. The summed E-state index contributed by atoms with van der Waals surface area (Å²) in [5.41, 5.74) is 0. The summed E-state index contributed by atoms with van der Waals surface area (Å²) in [7, 11) is 0. The van der Waals surface area contributed by atoms with E-state index in [1.165, 1.54) is 13.8 Å². The summed E-state index contributed by atoms with van der Waals surface area (Å²) in [4.78, 5) is 9.44. The van der Waals surface area contributed by atoms with Crippen LogP contribution in [-0.2, 0) is 4.79 Å². The Kier molecular flexibility index (Phi) is 5.24. The van der Waals surface area contributed by atoms with Crippen LogP contribution in [0, 0.1) is 0 Å². The molecule has 0 N–H and O–H groups in total. The highest BCUT2D eigenvalue weighted by Gasteiger charge is 2.74. The van der Waals surface area contributed by atoms with Gasteiger partial charge < -0.3 is 4.79 Å². The minimum absolute atomic E-state index is 0.167. The van der Waals surface area contributed by atoms with Crippen LogP contribution in [0.5, 0.6) is 0 Å². The van der Waals surface area contributed by atoms with Gasteiger partial charge in [0.05, 0.1) is 0 Å². The summed E-state index contributed by atoms with van der Waals surface area (Å²) < 4.78 is 87.5. The third kappa shape index (κ3) is 5.53. The van der Waals surface area contributed by atoms with Crippen molar-refractivity contribution in [1.82, 2.24) is 0 Å². The molecule has 0 aliphatic rings. The van der Waals surface area contributed by atoms with E-state index in [-0.39, 0.29) is 5.78 Å². The predicted octanol–water partition coefficient (Wildman–Crippen LogP) is 3.34. The summed E-state index contributed by atoms with van der Waals surface area (Å²) >= 11 is 0. The quantitative estimate of drug-likeness (QED) is 0.599. The van der Waals surface area contributed by atoms with E-state index in [2.05, 4.69) is 0 Å². The first kappa shape index (κ1) is 16.5. The van der Waals surface area contributed by atoms with E-state index >= 15 is 0 Å². The SMILES string of the molecule is CC(C)=O.FC(F)(F)C(F)(F)C(F)(F)F. The molecule has 0 heterocycles. The number of halogens is 8. The minimum Gasteiger partial charge on any atom is -0.300 e. The maximum absolute atomic E-state index is 11.2. The lowest BCUT2D eigenvalue weighted by atomic mass is 10.3. The molecule has 0 atom stereocenters. The van der Waals surface area contributed by atoms with Gasteiger partial charge in [-0.2, -0.15) is 35.1 Å². The molecule has 15 heavy (non-hydrogen) atoms. The van der Waals surface area contributed by atoms with Crippen molar-refractivity contribution < 1.29 is 39.9 Å². The molecule has 0 saturated heterocycles. The highest BCUT2D eigenvalue weighted by molar-refractivity contribution is 5.72. The Morgan fingerprint density at radius 1 is 0.733 bits per heavy atom. The molecule has 0 amide bonds. The Hall–Kier alpha value is -0.890. The molecule has 0 aliphatic carbocycles. The third-order valence-electron chi connectivity index (χ3n) is 0.712. The molecule has 0 aromatic rings. The summed E-state index contributed by atoms with van der Waals surface area (Å²) in [6.07, 6.45) is -13.2. The number of hydrogen-bond donors (Lipinski definition) is 0. The van der Waals surface area contributed by atoms with Crippen molar-refractivity contribution in [3.05, 3.63) is 0 Å². The predicted molar refractivity (Wildman–Crippen MR) is 33.4 cm³/mol. The van der Waals surface area contributed by atoms with Gasteiger partial charge >= 0.3 is 18.3 Å². The van der Waals surface area contributed by atoms with Gasteiger partial charge in [0.1, 0.15) is 5.78 Å². The van der Waals surface area contributed by atoms with Gasteiger partial charge in [0.15, 0.2) is 0 Å². The first-order valence-electron chi connectivity index (χ1n) is 3.22. The molecule has 0 aliphatic heterocycles. The van der Waals surface area contributed by atoms with Crippen molar-refractivity contribution in [2.24, 2.45) is 0 Å². The van der Waals surface area contributed by atoms with Crippen molar-refractivity contribution in [2.75, 3.05) is 0 Å². The van der Waals surface area contributed by atoms with E-state index in [0.29, 0.717) is 0 Å². The lowest BCUT2D eigenvalue weighted by Gasteiger charge is -2.21. The standard InChI is InChI=1S/C3F8.C3H6O/c4-1(5,2(6,7)8)3(9,10)11;1-3(2)4/h;1-2H3. The van der Waals surface area contributed by atoms with Gasteiger partial charge in [-0.05, 0) is 13.8 Å². The highest BCUT2D eigenvalue weighted by Crippen LogP contribution is 2.46. The van der Waals surface area contributed by atoms with Crippen LogP contribution >= 0.6 is 0 Å². The molecule has 0 bridgehead atoms. The van der Waals surface area contributed by atoms with Crippen molar-refractivity contribution in [3.8, 4) is 0 Å². The molecule has 0 radical (unpaired) electrons. The van der Waals surface area contributed by atoms with Gasteiger partial charge in [0.2, 0.25) is 0 Å². The van der Waals surface area contributed by atoms with E-state index in [0.717, 1.165) is 0 Å². The first-order valence-corrected chi connectivity index (χ1v) is 3.22. The van der Waals surface area contributed by atoms with Gasteiger partial charge in [0, 0.05) is 0 Å². The monoisotopic (exact) mass is 246 g/mol. The van der Waals surface area contributed by atoms with Gasteiger partial charge in [-0.3, -0.25) is 0 Å². The Morgan fingerprint density at radius 3 is 0.867 bits per heavy atom. The number of hydrogen-bond acceptors (Lipinski definition) is 1. The summed E-state index contributed by atoms with van der Waals surface area (Å²) in [5, 5.41) is 0. The van der Waals surface area contributed by atoms with Crippen LogP contribution in [0.3, 0.4) is 0 Å². The molecule has 1 nitrogen and oxygen atoms in total. The lowest BCUT2D eigenvalue weighted by molar-refractivity contribution is -0.389. The van der Waals surface area contributed by atoms with Gasteiger partial charge in [-0.25, -0.2) is 0 Å². The molecule has 0 fully saturated rings. The average Bonchev–Trinajstić information content (AvgIpc) is 1.79. The van der Waals surface area contributed by atoms with Crippen LogP contribution in [-0.4, -0.2) is 24.1 Å². The minimum atomic E-state index is -6.62. The topological polar surface area (TPSA) is 17.1 Å². The molecular weight excluding hydrogens is 240 g/mol. The van der Waals surface area contributed by atoms with Crippen LogP contribution < -0.4 is 0 Å². The van der Waals surface area contributed by atoms with Crippen LogP contribution in [0.25, 0.3) is 0 Å². The molecule has 0 rings (SSSR count). The molecule has 0 aromatic heterocycles. The number of ketones is 1. The Labute approximate surface area is 79.1 Å². The zero-order valence-electron chi connectivity index (χ0n) is 7.43. The van der Waals surface area contributed by atoms with Crippen LogP contribution in [0.2, 0.25) is 0 Å². The van der Waals surface area contributed by atoms with E-state index in [1.54, 1.807) is 0 Å². The summed E-state index contributed by atoms with van der Waals surface area (Å²) in [5.74, 6) is -6.46. The number of carbonyl (C=O) groups excluding carboxylic acids is 1. The zero-order chi connectivity index (χ0) is 13.1. The van der Waals surface area contributed by atoms with Crippen molar-refractivity contribution in [2.45, 2.75) is 32.1 Å². The lowest BCUT2D eigenvalue weighted by Crippen LogP contribution is -2.49. The molecule has 0 unspecified atom stereocenters. The molecular formula is C6H6F8O. The fourth-order valence-corrected chi connectivity index (χ4v) is 0.161. The molecule has 0 aromatic carbocycles. The largest absolute Gasteiger partial charge is 0.463 e. The Morgan fingerprint density at radius 2 is 0.867 bits per heavy atom. The summed E-state index contributed by atoms with van der Waals surface area (Å²) in [6.45, 7) is 3.06. The smallest absolute Gasteiger partial charge is 0.300 e. The molecule has 0 saturated carbocycles. The fourth-order valence-electron chi connectivity index (χ4n) is 0.161. The maximum atomic E-state index is 11.2. The Bertz CT molecular complexity index is 192. The number of carbonyl (C=O) groups is 1. The third-order valence-corrected chi connectivity index (χ3v) is 0.712. The number of alkyl halides is 8. The fraction of sp³-hybridized carbons (Fsp3) is 0.833. The van der Waals surface area contributed by atoms with Crippen molar-refractivity contribution >= 4 is 5.78 Å². The van der Waals surface area contributed by atoms with Crippen molar-refractivity contribution in [3.63, 3.8) is 0 Å². The summed E-state index contributed by atoms with van der Waals surface area (Å²) in [6, 6.07) is 0. The van der Waals surface area contributed by atoms with Gasteiger partial charge in [0.25, 0.3) is 0 Å². The van der Waals surface area contributed by atoms with Gasteiger partial charge in [-0.1, -0.05) is 0 Å². The van der Waals surface area contributed by atoms with E-state index in [1.807, 2.05) is 0 Å². The van der Waals surface area contributed by atoms with E-state index in [4.69, 9.17) is 0 Å². The molecule has 9 heteroatoms. The average molecular weight is 246 g/mol. The first-order chi connectivity index (χ1) is 6.23. The normalized spacial score (nSPS) is 12.9. The van der Waals surface area contributed by atoms with E-state index in [9.17, 15) is 39.9 Å². The van der Waals surface area contributed by atoms with Crippen LogP contribution in [0.4, 0.5) is 35.1 Å². The number of Topliss-reactive ketones (excluding diaryl/α,β-unsaturated/α-hetero) is 1. The molecule has 0 spiro atoms. The highest BCUT2D eigenvalue weighted by atomic mass is 19.5. The Balaban J connectivity index is 0. The second kappa shape index (κ2) is 4.75. The second-order valence-corrected chi connectivity index (χ2v) is 2.48. The zero-order valence-corrected chi connectivity index (χ0v) is 7.43. The van der Waals surface area contributed by atoms with Crippen LogP contribution in [0.15, 0.2) is 0 Å². The second-order valence-electron chi connectivity index (χ2n) is 2.48. The van der Waals surface area contributed by atoms with Gasteiger partial charge in [-0.15, -0.1) is 0 Å². The van der Waals surface area contributed by atoms with E-state index < -0.39 is 18.3 Å².